The van der Waals surface area contributed by atoms with E-state index < -0.39 is 5.92 Å². The maximum atomic E-state index is 14.6. The van der Waals surface area contributed by atoms with E-state index in [1.807, 2.05) is 17.8 Å². The van der Waals surface area contributed by atoms with Crippen LogP contribution in [0.3, 0.4) is 0 Å². The normalized spacial score (nSPS) is 23.8. The van der Waals surface area contributed by atoms with Gasteiger partial charge in [0, 0.05) is 30.5 Å². The molecule has 7 nitrogen and oxygen atoms in total. The molecule has 2 aliphatic rings. The predicted molar refractivity (Wildman–Crippen MR) is 122 cm³/mol. The van der Waals surface area contributed by atoms with Gasteiger partial charge in [-0.05, 0) is 45.4 Å². The van der Waals surface area contributed by atoms with Gasteiger partial charge in [-0.2, -0.15) is 8.78 Å². The zero-order valence-corrected chi connectivity index (χ0v) is 18.8. The lowest BCUT2D eigenvalue weighted by atomic mass is 10.1. The third-order valence-corrected chi connectivity index (χ3v) is 6.65. The van der Waals surface area contributed by atoms with Crippen molar-refractivity contribution < 1.29 is 13.5 Å². The minimum atomic E-state index is -2.90. The first-order valence-corrected chi connectivity index (χ1v) is 11.7. The quantitative estimate of drug-likeness (QED) is 0.543. The number of halogens is 2. The van der Waals surface area contributed by atoms with Crippen LogP contribution in [0.4, 0.5) is 14.6 Å². The Balaban J connectivity index is 1.20. The van der Waals surface area contributed by atoms with Crippen LogP contribution in [0.5, 0.6) is 0 Å². The summed E-state index contributed by atoms with van der Waals surface area (Å²) in [4.78, 5) is 8.73. The van der Waals surface area contributed by atoms with Crippen molar-refractivity contribution in [2.45, 2.75) is 69.7 Å². The number of anilines is 1. The zero-order valence-electron chi connectivity index (χ0n) is 18.8. The van der Waals surface area contributed by atoms with E-state index in [1.54, 1.807) is 12.1 Å². The standard InChI is InChI=1S/C24H30F2N6O/c1-16-5-7-17(8-6-16)24(25,26)14-27-18-9-10-19(12-18)30-22-20-13-32(21-4-2-3-11-33-21)31-23(20)29-15-28-22/h5-8,13,15,18-19,21,27H,2-4,9-12,14H2,1H3,(H,28,29,30,31)/t18?,19-,21?/m0/s1. The SMILES string of the molecule is Cc1ccc(C(F)(F)CNC2CC[C@H](Nc3ncnc4nn(C5CCCCO5)cc34)C2)cc1. The molecule has 0 amide bonds. The van der Waals surface area contributed by atoms with Crippen LogP contribution in [0.1, 0.15) is 55.9 Å². The summed E-state index contributed by atoms with van der Waals surface area (Å²) in [6, 6.07) is 6.66. The summed E-state index contributed by atoms with van der Waals surface area (Å²) >= 11 is 0. The minimum absolute atomic E-state index is 0.0366. The molecule has 33 heavy (non-hydrogen) atoms. The number of hydrogen-bond donors (Lipinski definition) is 2. The van der Waals surface area contributed by atoms with Gasteiger partial charge in [-0.15, -0.1) is 5.10 Å². The first kappa shape index (κ1) is 22.2. The van der Waals surface area contributed by atoms with E-state index in [0.717, 1.165) is 61.9 Å². The Labute approximate surface area is 191 Å². The molecular weight excluding hydrogens is 426 g/mol. The van der Waals surface area contributed by atoms with E-state index in [9.17, 15) is 8.78 Å². The number of rotatable bonds is 7. The average molecular weight is 457 g/mol. The Kier molecular flexibility index (Phi) is 6.25. The van der Waals surface area contributed by atoms with Crippen molar-refractivity contribution in [1.29, 1.82) is 0 Å². The van der Waals surface area contributed by atoms with Gasteiger partial charge in [0.25, 0.3) is 5.92 Å². The fourth-order valence-corrected chi connectivity index (χ4v) is 4.71. The first-order valence-electron chi connectivity index (χ1n) is 11.7. The van der Waals surface area contributed by atoms with Crippen LogP contribution >= 0.6 is 0 Å². The van der Waals surface area contributed by atoms with Crippen LogP contribution in [0.15, 0.2) is 36.8 Å². The molecule has 0 bridgehead atoms. The van der Waals surface area contributed by atoms with E-state index in [1.165, 1.54) is 18.5 Å². The number of nitrogens with zero attached hydrogens (tertiary/aromatic N) is 4. The Morgan fingerprint density at radius 3 is 2.70 bits per heavy atom. The molecule has 2 fully saturated rings. The summed E-state index contributed by atoms with van der Waals surface area (Å²) in [6.07, 6.45) is 9.02. The Hall–Kier alpha value is -2.65. The van der Waals surface area contributed by atoms with Crippen molar-refractivity contribution in [1.82, 2.24) is 25.1 Å². The maximum absolute atomic E-state index is 14.6. The summed E-state index contributed by atoms with van der Waals surface area (Å²) in [5, 5.41) is 12.0. The number of alkyl halides is 2. The number of benzene rings is 1. The van der Waals surface area contributed by atoms with Gasteiger partial charge in [0.1, 0.15) is 18.4 Å². The van der Waals surface area contributed by atoms with Gasteiger partial charge in [0.05, 0.1) is 11.9 Å². The molecule has 3 aromatic rings. The minimum Gasteiger partial charge on any atom is -0.367 e. The second kappa shape index (κ2) is 9.30. The van der Waals surface area contributed by atoms with Gasteiger partial charge in [-0.1, -0.05) is 29.8 Å². The largest absolute Gasteiger partial charge is 0.367 e. The number of aryl methyl sites for hydroxylation is 1. The highest BCUT2D eigenvalue weighted by molar-refractivity contribution is 5.85. The molecule has 9 heteroatoms. The summed E-state index contributed by atoms with van der Waals surface area (Å²) in [5.74, 6) is -2.16. The van der Waals surface area contributed by atoms with Gasteiger partial charge in [-0.3, -0.25) is 0 Å². The van der Waals surface area contributed by atoms with Crippen LogP contribution in [0.25, 0.3) is 11.0 Å². The molecule has 3 atom stereocenters. The summed E-state index contributed by atoms with van der Waals surface area (Å²) in [6.45, 7) is 2.28. The molecule has 1 aliphatic heterocycles. The third kappa shape index (κ3) is 4.99. The number of fused-ring (bicyclic) bond motifs is 1. The van der Waals surface area contributed by atoms with Gasteiger partial charge < -0.3 is 15.4 Å². The van der Waals surface area contributed by atoms with Crippen molar-refractivity contribution in [3.63, 3.8) is 0 Å². The number of nitrogens with one attached hydrogen (secondary N) is 2. The lowest BCUT2D eigenvalue weighted by Crippen LogP contribution is -2.37. The predicted octanol–water partition coefficient (Wildman–Crippen LogP) is 4.55. The molecular formula is C24H30F2N6O. The van der Waals surface area contributed by atoms with E-state index in [2.05, 4.69) is 25.7 Å². The topological polar surface area (TPSA) is 76.9 Å². The van der Waals surface area contributed by atoms with Gasteiger partial charge in [0.2, 0.25) is 0 Å². The fraction of sp³-hybridized carbons (Fsp3) is 0.542. The van der Waals surface area contributed by atoms with E-state index in [4.69, 9.17) is 4.74 Å². The van der Waals surface area contributed by atoms with Crippen LogP contribution in [0, 0.1) is 6.92 Å². The molecule has 1 saturated carbocycles. The van der Waals surface area contributed by atoms with E-state index in [-0.39, 0.29) is 30.4 Å². The van der Waals surface area contributed by atoms with Crippen molar-refractivity contribution in [2.75, 3.05) is 18.5 Å². The van der Waals surface area contributed by atoms with Crippen LogP contribution in [0.2, 0.25) is 0 Å². The molecule has 2 N–H and O–H groups in total. The van der Waals surface area contributed by atoms with Crippen LogP contribution in [-0.4, -0.2) is 45.0 Å². The smallest absolute Gasteiger partial charge is 0.285 e. The van der Waals surface area contributed by atoms with E-state index >= 15 is 0 Å². The molecule has 1 aromatic carbocycles. The molecule has 0 radical (unpaired) electrons. The summed E-state index contributed by atoms with van der Waals surface area (Å²) < 4.78 is 36.9. The molecule has 5 rings (SSSR count). The number of hydrogen-bond acceptors (Lipinski definition) is 6. The second-order valence-electron chi connectivity index (χ2n) is 9.19. The summed E-state index contributed by atoms with van der Waals surface area (Å²) in [7, 11) is 0. The van der Waals surface area contributed by atoms with Crippen LogP contribution < -0.4 is 10.6 Å². The van der Waals surface area contributed by atoms with Crippen molar-refractivity contribution in [3.8, 4) is 0 Å². The zero-order chi connectivity index (χ0) is 22.8. The molecule has 3 heterocycles. The molecule has 176 valence electrons. The lowest BCUT2D eigenvalue weighted by molar-refractivity contribution is -0.0391. The molecule has 0 spiro atoms. The molecule has 2 unspecified atom stereocenters. The fourth-order valence-electron chi connectivity index (χ4n) is 4.71. The highest BCUT2D eigenvalue weighted by Crippen LogP contribution is 2.31. The van der Waals surface area contributed by atoms with E-state index in [0.29, 0.717) is 5.65 Å². The van der Waals surface area contributed by atoms with Crippen molar-refractivity contribution >= 4 is 16.9 Å². The Morgan fingerprint density at radius 1 is 1.09 bits per heavy atom. The first-order chi connectivity index (χ1) is 16.0. The van der Waals surface area contributed by atoms with Crippen molar-refractivity contribution in [2.24, 2.45) is 0 Å². The second-order valence-corrected chi connectivity index (χ2v) is 9.19. The highest BCUT2D eigenvalue weighted by Gasteiger charge is 2.34. The monoisotopic (exact) mass is 456 g/mol. The lowest BCUT2D eigenvalue weighted by Gasteiger charge is -2.22. The van der Waals surface area contributed by atoms with Crippen molar-refractivity contribution in [3.05, 3.63) is 47.9 Å². The molecule has 1 aliphatic carbocycles. The third-order valence-electron chi connectivity index (χ3n) is 6.65. The highest BCUT2D eigenvalue weighted by atomic mass is 19.3. The van der Waals surface area contributed by atoms with Crippen LogP contribution in [-0.2, 0) is 10.7 Å². The summed E-state index contributed by atoms with van der Waals surface area (Å²) in [5.41, 5.74) is 1.66. The molecule has 1 saturated heterocycles. The molecule has 2 aromatic heterocycles. The Morgan fingerprint density at radius 2 is 1.91 bits per heavy atom. The number of ether oxygens (including phenoxy) is 1. The average Bonchev–Trinajstić information content (AvgIpc) is 3.46. The van der Waals surface area contributed by atoms with Gasteiger partial charge in [0.15, 0.2) is 5.65 Å². The van der Waals surface area contributed by atoms with Gasteiger partial charge >= 0.3 is 0 Å². The van der Waals surface area contributed by atoms with Gasteiger partial charge in [-0.25, -0.2) is 14.6 Å². The Bertz CT molecular complexity index is 1080. The maximum Gasteiger partial charge on any atom is 0.285 e. The number of aromatic nitrogens is 4.